The summed E-state index contributed by atoms with van der Waals surface area (Å²) >= 11 is 2.28. The van der Waals surface area contributed by atoms with Crippen LogP contribution in [-0.4, -0.2) is 0 Å². The minimum atomic E-state index is 1.14. The van der Waals surface area contributed by atoms with Crippen molar-refractivity contribution in [2.75, 3.05) is 0 Å². The summed E-state index contributed by atoms with van der Waals surface area (Å²) in [6.45, 7) is 11.0. The number of benzene rings is 3. The maximum atomic E-state index is 3.66. The monoisotopic (exact) mass is 438 g/mol. The van der Waals surface area contributed by atoms with Gasteiger partial charge in [-0.2, -0.15) is 0 Å². The van der Waals surface area contributed by atoms with Crippen molar-refractivity contribution in [3.05, 3.63) is 125 Å². The predicted octanol–water partition coefficient (Wildman–Crippen LogP) is 7.59. The summed E-state index contributed by atoms with van der Waals surface area (Å²) < 4.78 is 1.29. The van der Waals surface area contributed by atoms with Crippen molar-refractivity contribution >= 4 is 40.8 Å². The van der Waals surface area contributed by atoms with Gasteiger partial charge in [0.15, 0.2) is 0 Å². The van der Waals surface area contributed by atoms with Crippen LogP contribution in [-0.2, 0) is 0 Å². The van der Waals surface area contributed by atoms with E-state index in [1.807, 2.05) is 91.0 Å². The summed E-state index contributed by atoms with van der Waals surface area (Å²) in [6.07, 6.45) is 5.49. The van der Waals surface area contributed by atoms with E-state index in [0.29, 0.717) is 0 Å². The van der Waals surface area contributed by atoms with Gasteiger partial charge >= 0.3 is 0 Å². The number of rotatable bonds is 3. The van der Waals surface area contributed by atoms with E-state index in [1.54, 1.807) is 0 Å². The first-order valence-corrected chi connectivity index (χ1v) is 9.00. The molecule has 0 amide bonds. The summed E-state index contributed by atoms with van der Waals surface area (Å²) in [5.74, 6) is 0. The Kier molecular flexibility index (Phi) is 10.7. The highest BCUT2D eigenvalue weighted by Crippen LogP contribution is 2.05. The molecule has 0 bridgehead atoms. The second-order valence-corrected chi connectivity index (χ2v) is 6.23. The first-order valence-electron chi connectivity index (χ1n) is 7.92. The van der Waals surface area contributed by atoms with Crippen molar-refractivity contribution in [2.45, 2.75) is 0 Å². The number of hydrogen-bond acceptors (Lipinski definition) is 0. The molecule has 0 spiro atoms. The van der Waals surface area contributed by atoms with Gasteiger partial charge in [0, 0.05) is 3.57 Å². The molecule has 25 heavy (non-hydrogen) atoms. The summed E-state index contributed by atoms with van der Waals surface area (Å²) in [5.41, 5.74) is 3.46. The molecule has 3 aromatic rings. The first kappa shape index (κ1) is 20.7. The van der Waals surface area contributed by atoms with Crippen molar-refractivity contribution < 1.29 is 0 Å². The Morgan fingerprint density at radius 2 is 0.800 bits per heavy atom. The molecule has 0 unspecified atom stereocenters. The predicted molar refractivity (Wildman–Crippen MR) is 122 cm³/mol. The first-order chi connectivity index (χ1) is 12.2. The van der Waals surface area contributed by atoms with Gasteiger partial charge in [-0.25, -0.2) is 0 Å². The molecule has 0 saturated carbocycles. The molecule has 0 atom stereocenters. The zero-order valence-corrected chi connectivity index (χ0v) is 16.5. The third kappa shape index (κ3) is 9.48. The van der Waals surface area contributed by atoms with Crippen LogP contribution in [0, 0.1) is 3.57 Å². The van der Waals surface area contributed by atoms with E-state index in [4.69, 9.17) is 0 Å². The molecule has 3 rings (SSSR count). The van der Waals surface area contributed by atoms with E-state index in [1.165, 1.54) is 9.13 Å². The Balaban J connectivity index is 0.000000191. The standard InChI is InChI=1S/C10H10.C8H8.C6H5I/c1-3-9-5-7-10(4-2)8-6-9;1-2-8-6-4-3-5-7-8;7-6-4-2-1-3-5-6/h3-8H,1-2H2;2-7H,1H2;1-5H. The van der Waals surface area contributed by atoms with Crippen molar-refractivity contribution in [3.8, 4) is 0 Å². The minimum absolute atomic E-state index is 1.14. The number of hydrogen-bond donors (Lipinski definition) is 0. The molecular formula is C24H23I. The van der Waals surface area contributed by atoms with Gasteiger partial charge in [0.1, 0.15) is 0 Å². The van der Waals surface area contributed by atoms with E-state index in [9.17, 15) is 0 Å². The summed E-state index contributed by atoms with van der Waals surface area (Å²) in [6, 6.07) is 28.3. The SMILES string of the molecule is C=Cc1ccc(C=C)cc1.C=Cc1ccccc1.Ic1ccccc1. The quantitative estimate of drug-likeness (QED) is 0.370. The second kappa shape index (κ2) is 13.0. The fourth-order valence-electron chi connectivity index (χ4n) is 1.77. The molecule has 0 heterocycles. The topological polar surface area (TPSA) is 0 Å². The Hall–Kier alpha value is -2.39. The Morgan fingerprint density at radius 1 is 0.480 bits per heavy atom. The lowest BCUT2D eigenvalue weighted by molar-refractivity contribution is 1.63. The highest BCUT2D eigenvalue weighted by atomic mass is 127. The molecule has 126 valence electrons. The zero-order chi connectivity index (χ0) is 18.3. The van der Waals surface area contributed by atoms with Crippen molar-refractivity contribution in [3.63, 3.8) is 0 Å². The van der Waals surface area contributed by atoms with Crippen molar-refractivity contribution in [2.24, 2.45) is 0 Å². The molecule has 0 radical (unpaired) electrons. The van der Waals surface area contributed by atoms with Crippen LogP contribution in [0.2, 0.25) is 0 Å². The molecule has 3 aromatic carbocycles. The van der Waals surface area contributed by atoms with E-state index in [0.717, 1.165) is 11.1 Å². The van der Waals surface area contributed by atoms with E-state index >= 15 is 0 Å². The Morgan fingerprint density at radius 3 is 1.04 bits per heavy atom. The molecule has 0 aliphatic heterocycles. The molecular weight excluding hydrogens is 415 g/mol. The van der Waals surface area contributed by atoms with Crippen LogP contribution >= 0.6 is 22.6 Å². The molecule has 1 heteroatoms. The Labute approximate surface area is 165 Å². The van der Waals surface area contributed by atoms with Crippen molar-refractivity contribution in [1.29, 1.82) is 0 Å². The van der Waals surface area contributed by atoms with E-state index in [2.05, 4.69) is 54.5 Å². The average molecular weight is 438 g/mol. The maximum Gasteiger partial charge on any atom is 0.0130 e. The van der Waals surface area contributed by atoms with Crippen LogP contribution in [0.15, 0.2) is 105 Å². The summed E-state index contributed by atoms with van der Waals surface area (Å²) in [4.78, 5) is 0. The molecule has 0 aromatic heterocycles. The normalized spacial score (nSPS) is 8.68. The molecule has 0 aliphatic carbocycles. The van der Waals surface area contributed by atoms with Gasteiger partial charge < -0.3 is 0 Å². The lowest BCUT2D eigenvalue weighted by Gasteiger charge is -1.92. The fraction of sp³-hybridized carbons (Fsp3) is 0. The zero-order valence-electron chi connectivity index (χ0n) is 14.3. The Bertz CT molecular complexity index is 714. The largest absolute Gasteiger partial charge is 0.0985 e. The smallest absolute Gasteiger partial charge is 0.0130 e. The lowest BCUT2D eigenvalue weighted by atomic mass is 10.1. The van der Waals surface area contributed by atoms with Gasteiger partial charge in [0.2, 0.25) is 0 Å². The molecule has 0 saturated heterocycles. The lowest BCUT2D eigenvalue weighted by Crippen LogP contribution is -1.71. The van der Waals surface area contributed by atoms with Crippen LogP contribution < -0.4 is 0 Å². The van der Waals surface area contributed by atoms with Crippen LogP contribution in [0.4, 0.5) is 0 Å². The molecule has 0 N–H and O–H groups in total. The number of halogens is 1. The second-order valence-electron chi connectivity index (χ2n) is 4.99. The third-order valence-corrected chi connectivity index (χ3v) is 3.90. The van der Waals surface area contributed by atoms with Gasteiger partial charge in [-0.1, -0.05) is 111 Å². The molecule has 0 fully saturated rings. The molecule has 0 aliphatic rings. The summed E-state index contributed by atoms with van der Waals surface area (Å²) in [5, 5.41) is 0. The van der Waals surface area contributed by atoms with Crippen LogP contribution in [0.1, 0.15) is 16.7 Å². The van der Waals surface area contributed by atoms with Crippen LogP contribution in [0.25, 0.3) is 18.2 Å². The third-order valence-electron chi connectivity index (χ3n) is 3.18. The van der Waals surface area contributed by atoms with Gasteiger partial charge in [-0.05, 0) is 51.4 Å². The van der Waals surface area contributed by atoms with Crippen molar-refractivity contribution in [1.82, 2.24) is 0 Å². The van der Waals surface area contributed by atoms with Crippen LogP contribution in [0.5, 0.6) is 0 Å². The average Bonchev–Trinajstić information content (AvgIpc) is 2.70. The molecule has 0 nitrogen and oxygen atoms in total. The highest BCUT2D eigenvalue weighted by Gasteiger charge is 1.84. The van der Waals surface area contributed by atoms with Crippen LogP contribution in [0.3, 0.4) is 0 Å². The fourth-order valence-corrected chi connectivity index (χ4v) is 2.19. The van der Waals surface area contributed by atoms with E-state index in [-0.39, 0.29) is 0 Å². The van der Waals surface area contributed by atoms with Gasteiger partial charge in [0.25, 0.3) is 0 Å². The summed E-state index contributed by atoms with van der Waals surface area (Å²) in [7, 11) is 0. The maximum absolute atomic E-state index is 3.66. The minimum Gasteiger partial charge on any atom is -0.0985 e. The van der Waals surface area contributed by atoms with Gasteiger partial charge in [-0.15, -0.1) is 0 Å². The van der Waals surface area contributed by atoms with Gasteiger partial charge in [0.05, 0.1) is 0 Å². The van der Waals surface area contributed by atoms with E-state index < -0.39 is 0 Å². The highest BCUT2D eigenvalue weighted by molar-refractivity contribution is 14.1. The van der Waals surface area contributed by atoms with Gasteiger partial charge in [-0.3, -0.25) is 0 Å².